The molecule has 0 aliphatic rings. The van der Waals surface area contributed by atoms with Crippen molar-refractivity contribution in [2.75, 3.05) is 25.6 Å². The Morgan fingerprint density at radius 2 is 1.90 bits per heavy atom. The first kappa shape index (κ1) is 22.9. The first-order chi connectivity index (χ1) is 14.3. The summed E-state index contributed by atoms with van der Waals surface area (Å²) in [5, 5.41) is 12.1. The van der Waals surface area contributed by atoms with Crippen LogP contribution in [-0.2, 0) is 25.6 Å². The molecule has 0 atom stereocenters. The van der Waals surface area contributed by atoms with Crippen molar-refractivity contribution in [1.29, 1.82) is 5.26 Å². The molecule has 0 unspecified atom stereocenters. The lowest BCUT2D eigenvalue weighted by atomic mass is 10.1. The Kier molecular flexibility index (Phi) is 7.96. The number of nitriles is 1. The highest BCUT2D eigenvalue weighted by Crippen LogP contribution is 2.19. The smallest absolute Gasteiger partial charge is 0.349 e. The third-order valence-corrected chi connectivity index (χ3v) is 4.90. The van der Waals surface area contributed by atoms with Crippen LogP contribution in [0.5, 0.6) is 0 Å². The summed E-state index contributed by atoms with van der Waals surface area (Å²) in [4.78, 5) is 24.4. The summed E-state index contributed by atoms with van der Waals surface area (Å²) in [6.07, 6.45) is 1.48. The molecule has 0 radical (unpaired) electrons. The van der Waals surface area contributed by atoms with E-state index in [4.69, 9.17) is 9.47 Å². The number of anilines is 1. The van der Waals surface area contributed by atoms with E-state index in [2.05, 4.69) is 5.32 Å². The maximum absolute atomic E-state index is 12.3. The number of methoxy groups -OCH3 is 1. The number of hydrogen-bond acceptors (Lipinski definition) is 5. The van der Waals surface area contributed by atoms with Crippen molar-refractivity contribution < 1.29 is 19.1 Å². The molecule has 1 aromatic heterocycles. The van der Waals surface area contributed by atoms with Crippen LogP contribution in [0.15, 0.2) is 29.8 Å². The second-order valence-corrected chi connectivity index (χ2v) is 7.06. The predicted octanol–water partition coefficient (Wildman–Crippen LogP) is 3.46. The number of benzene rings is 1. The van der Waals surface area contributed by atoms with Crippen LogP contribution in [0, 0.1) is 39.0 Å². The number of rotatable bonds is 8. The van der Waals surface area contributed by atoms with E-state index in [-0.39, 0.29) is 5.57 Å². The summed E-state index contributed by atoms with van der Waals surface area (Å²) in [6, 6.07) is 9.27. The minimum absolute atomic E-state index is 0.166. The quantitative estimate of drug-likeness (QED) is 0.409. The molecular formula is C23H27N3O4. The van der Waals surface area contributed by atoms with Crippen molar-refractivity contribution in [2.45, 2.75) is 34.2 Å². The molecule has 1 heterocycles. The van der Waals surface area contributed by atoms with Crippen LogP contribution in [0.3, 0.4) is 0 Å². The number of nitrogens with one attached hydrogen (secondary N) is 1. The van der Waals surface area contributed by atoms with E-state index in [1.807, 2.05) is 56.5 Å². The zero-order valence-corrected chi connectivity index (χ0v) is 18.0. The molecule has 0 fully saturated rings. The highest BCUT2D eigenvalue weighted by molar-refractivity contribution is 6.00. The average Bonchev–Trinajstić information content (AvgIpc) is 2.98. The van der Waals surface area contributed by atoms with Crippen molar-refractivity contribution in [2.24, 2.45) is 0 Å². The Morgan fingerprint density at radius 1 is 1.17 bits per heavy atom. The number of nitrogens with zero attached hydrogens (tertiary/aromatic N) is 2. The fourth-order valence-electron chi connectivity index (χ4n) is 3.02. The van der Waals surface area contributed by atoms with Crippen molar-refractivity contribution in [1.82, 2.24) is 4.57 Å². The summed E-state index contributed by atoms with van der Waals surface area (Å²) in [7, 11) is 1.63. The van der Waals surface area contributed by atoms with Gasteiger partial charge in [0.05, 0.1) is 6.61 Å². The molecule has 30 heavy (non-hydrogen) atoms. The Morgan fingerprint density at radius 3 is 2.53 bits per heavy atom. The van der Waals surface area contributed by atoms with E-state index in [9.17, 15) is 14.9 Å². The average molecular weight is 409 g/mol. The van der Waals surface area contributed by atoms with E-state index < -0.39 is 18.5 Å². The maximum Gasteiger partial charge on any atom is 0.349 e. The van der Waals surface area contributed by atoms with Gasteiger partial charge in [0.2, 0.25) is 0 Å². The molecule has 158 valence electrons. The molecular weight excluding hydrogens is 382 g/mol. The van der Waals surface area contributed by atoms with Gasteiger partial charge in [0.15, 0.2) is 6.61 Å². The van der Waals surface area contributed by atoms with Crippen molar-refractivity contribution in [3.63, 3.8) is 0 Å². The van der Waals surface area contributed by atoms with Crippen LogP contribution in [0.1, 0.15) is 28.1 Å². The molecule has 0 aliphatic heterocycles. The van der Waals surface area contributed by atoms with Crippen molar-refractivity contribution in [3.05, 3.63) is 57.9 Å². The van der Waals surface area contributed by atoms with Gasteiger partial charge < -0.3 is 19.4 Å². The number of aryl methyl sites for hydroxylation is 3. The van der Waals surface area contributed by atoms with Gasteiger partial charge in [0.1, 0.15) is 11.6 Å². The third-order valence-electron chi connectivity index (χ3n) is 4.90. The van der Waals surface area contributed by atoms with E-state index >= 15 is 0 Å². The van der Waals surface area contributed by atoms with Gasteiger partial charge in [0.25, 0.3) is 5.91 Å². The number of amides is 1. The number of aromatic nitrogens is 1. The minimum atomic E-state index is -0.838. The van der Waals surface area contributed by atoms with Crippen LogP contribution in [0.2, 0.25) is 0 Å². The maximum atomic E-state index is 12.3. The van der Waals surface area contributed by atoms with Gasteiger partial charge in [-0.05, 0) is 68.7 Å². The minimum Gasteiger partial charge on any atom is -0.451 e. The Hall–Kier alpha value is -3.37. The standard InChI is InChI=1S/C23H27N3O4/c1-15-6-7-21(10-16(15)2)25-22(27)14-30-23(28)20(13-24)12-19-11-17(3)26(18(19)4)8-9-29-5/h6-7,10-12H,8-9,14H2,1-5H3,(H,25,27)/b20-12+. The fraction of sp³-hybridized carbons (Fsp3) is 0.348. The van der Waals surface area contributed by atoms with Gasteiger partial charge in [-0.25, -0.2) is 4.79 Å². The van der Waals surface area contributed by atoms with Crippen LogP contribution < -0.4 is 5.32 Å². The Bertz CT molecular complexity index is 1010. The number of esters is 1. The highest BCUT2D eigenvalue weighted by atomic mass is 16.5. The lowest BCUT2D eigenvalue weighted by molar-refractivity contribution is -0.142. The normalized spacial score (nSPS) is 11.1. The third kappa shape index (κ3) is 5.82. The van der Waals surface area contributed by atoms with Gasteiger partial charge in [0, 0.05) is 30.7 Å². The van der Waals surface area contributed by atoms with Crippen molar-refractivity contribution in [3.8, 4) is 6.07 Å². The molecule has 1 amide bonds. The summed E-state index contributed by atoms with van der Waals surface area (Å²) < 4.78 is 12.2. The largest absolute Gasteiger partial charge is 0.451 e. The highest BCUT2D eigenvalue weighted by Gasteiger charge is 2.16. The molecule has 1 aromatic carbocycles. The van der Waals surface area contributed by atoms with Crippen LogP contribution in [0.4, 0.5) is 5.69 Å². The molecule has 2 rings (SSSR count). The fourth-order valence-corrected chi connectivity index (χ4v) is 3.02. The second kappa shape index (κ2) is 10.4. The molecule has 0 saturated heterocycles. The molecule has 7 nitrogen and oxygen atoms in total. The summed E-state index contributed by atoms with van der Waals surface area (Å²) in [5.74, 6) is -1.31. The number of hydrogen-bond donors (Lipinski definition) is 1. The van der Waals surface area contributed by atoms with E-state index in [1.54, 1.807) is 13.2 Å². The zero-order chi connectivity index (χ0) is 22.3. The number of carbonyl (C=O) groups excluding carboxylic acids is 2. The van der Waals surface area contributed by atoms with Crippen LogP contribution in [-0.4, -0.2) is 36.8 Å². The molecule has 0 bridgehead atoms. The predicted molar refractivity (Wildman–Crippen MR) is 115 cm³/mol. The molecule has 1 N–H and O–H groups in total. The SMILES string of the molecule is COCCn1c(C)cc(/C=C(\C#N)C(=O)OCC(=O)Nc2ccc(C)c(C)c2)c1C. The van der Waals surface area contributed by atoms with Crippen LogP contribution >= 0.6 is 0 Å². The summed E-state index contributed by atoms with van der Waals surface area (Å²) in [6.45, 7) is 8.54. The number of ether oxygens (including phenoxy) is 2. The van der Waals surface area contributed by atoms with Crippen LogP contribution in [0.25, 0.3) is 6.08 Å². The Labute approximate surface area is 176 Å². The molecule has 0 spiro atoms. The first-order valence-corrected chi connectivity index (χ1v) is 9.58. The monoisotopic (exact) mass is 409 g/mol. The van der Waals surface area contributed by atoms with Crippen molar-refractivity contribution >= 4 is 23.6 Å². The zero-order valence-electron chi connectivity index (χ0n) is 18.0. The Balaban J connectivity index is 2.03. The molecule has 0 saturated carbocycles. The van der Waals surface area contributed by atoms with Gasteiger partial charge in [-0.1, -0.05) is 6.07 Å². The van der Waals surface area contributed by atoms with Gasteiger partial charge in [-0.3, -0.25) is 4.79 Å². The molecule has 0 aliphatic carbocycles. The number of carbonyl (C=O) groups is 2. The summed E-state index contributed by atoms with van der Waals surface area (Å²) >= 11 is 0. The lowest BCUT2D eigenvalue weighted by Gasteiger charge is -2.09. The first-order valence-electron chi connectivity index (χ1n) is 9.58. The van der Waals surface area contributed by atoms with Gasteiger partial charge in [-0.2, -0.15) is 5.26 Å². The second-order valence-electron chi connectivity index (χ2n) is 7.06. The van der Waals surface area contributed by atoms with E-state index in [0.29, 0.717) is 18.8 Å². The van der Waals surface area contributed by atoms with E-state index in [1.165, 1.54) is 6.08 Å². The van der Waals surface area contributed by atoms with Gasteiger partial charge in [-0.15, -0.1) is 0 Å². The lowest BCUT2D eigenvalue weighted by Crippen LogP contribution is -2.21. The summed E-state index contributed by atoms with van der Waals surface area (Å²) in [5.41, 5.74) is 5.27. The van der Waals surface area contributed by atoms with Gasteiger partial charge >= 0.3 is 5.97 Å². The topological polar surface area (TPSA) is 93.3 Å². The molecule has 7 heteroatoms. The van der Waals surface area contributed by atoms with E-state index in [0.717, 1.165) is 28.1 Å². The molecule has 2 aromatic rings.